The highest BCUT2D eigenvalue weighted by Gasteiger charge is 2.38. The van der Waals surface area contributed by atoms with Crippen molar-refractivity contribution in [3.63, 3.8) is 0 Å². The molecule has 8 heteroatoms. The van der Waals surface area contributed by atoms with Crippen molar-refractivity contribution in [1.29, 1.82) is 0 Å². The fourth-order valence-corrected chi connectivity index (χ4v) is 3.86. The second kappa shape index (κ2) is 9.71. The van der Waals surface area contributed by atoms with E-state index in [9.17, 15) is 9.59 Å². The zero-order valence-corrected chi connectivity index (χ0v) is 17.6. The van der Waals surface area contributed by atoms with Crippen molar-refractivity contribution in [2.45, 2.75) is 39.2 Å². The highest BCUT2D eigenvalue weighted by atomic mass is 35.5. The van der Waals surface area contributed by atoms with Gasteiger partial charge in [0.2, 0.25) is 5.91 Å². The van der Waals surface area contributed by atoms with Crippen molar-refractivity contribution in [3.8, 4) is 0 Å². The van der Waals surface area contributed by atoms with Crippen molar-refractivity contribution in [3.05, 3.63) is 30.1 Å². The van der Waals surface area contributed by atoms with Crippen LogP contribution in [0.1, 0.15) is 43.5 Å². The molecule has 0 bridgehead atoms. The van der Waals surface area contributed by atoms with E-state index in [0.717, 1.165) is 25.8 Å². The smallest absolute Gasteiger partial charge is 0.253 e. The summed E-state index contributed by atoms with van der Waals surface area (Å²) in [5.41, 5.74) is 6.76. The minimum absolute atomic E-state index is 0. The minimum atomic E-state index is -0.107. The van der Waals surface area contributed by atoms with E-state index in [1.807, 2.05) is 9.80 Å². The van der Waals surface area contributed by atoms with Crippen molar-refractivity contribution in [1.82, 2.24) is 14.8 Å². The summed E-state index contributed by atoms with van der Waals surface area (Å²) in [6.07, 6.45) is 5.80. The molecule has 0 radical (unpaired) electrons. The monoisotopic (exact) mass is 416 g/mol. The predicted molar refractivity (Wildman–Crippen MR) is 110 cm³/mol. The number of halogens is 2. The average molecular weight is 417 g/mol. The molecule has 0 spiro atoms. The first kappa shape index (κ1) is 23.7. The van der Waals surface area contributed by atoms with Gasteiger partial charge in [0, 0.05) is 50.2 Å². The number of amides is 2. The van der Waals surface area contributed by atoms with Gasteiger partial charge in [-0.15, -0.1) is 24.8 Å². The summed E-state index contributed by atoms with van der Waals surface area (Å²) < 4.78 is 0. The third-order valence-corrected chi connectivity index (χ3v) is 5.61. The van der Waals surface area contributed by atoms with Crippen LogP contribution in [0.5, 0.6) is 0 Å². The topological polar surface area (TPSA) is 79.5 Å². The molecule has 27 heavy (non-hydrogen) atoms. The van der Waals surface area contributed by atoms with Gasteiger partial charge in [0.1, 0.15) is 0 Å². The first-order valence-electron chi connectivity index (χ1n) is 9.12. The largest absolute Gasteiger partial charge is 0.342 e. The molecule has 0 saturated carbocycles. The lowest BCUT2D eigenvalue weighted by molar-refractivity contribution is -0.140. The van der Waals surface area contributed by atoms with Gasteiger partial charge in [-0.25, -0.2) is 0 Å². The van der Waals surface area contributed by atoms with Gasteiger partial charge in [0.15, 0.2) is 0 Å². The van der Waals surface area contributed by atoms with E-state index < -0.39 is 0 Å². The quantitative estimate of drug-likeness (QED) is 0.801. The lowest BCUT2D eigenvalue weighted by Crippen LogP contribution is -2.56. The van der Waals surface area contributed by atoms with Gasteiger partial charge in [-0.05, 0) is 36.8 Å². The number of nitrogens with two attached hydrogens (primary N) is 1. The third-order valence-electron chi connectivity index (χ3n) is 5.61. The van der Waals surface area contributed by atoms with Crippen LogP contribution in [0, 0.1) is 11.3 Å². The van der Waals surface area contributed by atoms with Crippen molar-refractivity contribution >= 4 is 36.6 Å². The Balaban J connectivity index is 0.00000182. The number of carbonyl (C=O) groups is 2. The van der Waals surface area contributed by atoms with Gasteiger partial charge in [-0.2, -0.15) is 0 Å². The molecule has 1 aromatic heterocycles. The Bertz CT molecular complexity index is 642. The summed E-state index contributed by atoms with van der Waals surface area (Å²) >= 11 is 0. The maximum Gasteiger partial charge on any atom is 0.253 e. The highest BCUT2D eigenvalue weighted by Crippen LogP contribution is 2.30. The molecule has 152 valence electrons. The lowest BCUT2D eigenvalue weighted by Gasteiger charge is -2.44. The van der Waals surface area contributed by atoms with Gasteiger partial charge < -0.3 is 15.5 Å². The molecular formula is C19H30Cl2N4O2. The SMILES string of the molecule is CC1(C)CN(C(=O)C2CCCN(C(=O)c3ccncc3)C2)CCC1N.Cl.Cl. The van der Waals surface area contributed by atoms with Crippen molar-refractivity contribution in [2.75, 3.05) is 26.2 Å². The maximum absolute atomic E-state index is 13.0. The Morgan fingerprint density at radius 2 is 1.78 bits per heavy atom. The van der Waals surface area contributed by atoms with Gasteiger partial charge in [-0.3, -0.25) is 14.6 Å². The zero-order valence-electron chi connectivity index (χ0n) is 16.0. The molecule has 0 aromatic carbocycles. The van der Waals surface area contributed by atoms with E-state index in [2.05, 4.69) is 18.8 Å². The number of rotatable bonds is 2. The number of likely N-dealkylation sites (tertiary alicyclic amines) is 2. The zero-order chi connectivity index (χ0) is 18.0. The Morgan fingerprint density at radius 3 is 2.41 bits per heavy atom. The molecule has 2 saturated heterocycles. The molecule has 2 fully saturated rings. The van der Waals surface area contributed by atoms with E-state index >= 15 is 0 Å². The Morgan fingerprint density at radius 1 is 1.11 bits per heavy atom. The number of pyridine rings is 1. The number of hydrogen-bond donors (Lipinski definition) is 1. The first-order valence-corrected chi connectivity index (χ1v) is 9.12. The molecule has 2 N–H and O–H groups in total. The molecule has 2 aliphatic heterocycles. The summed E-state index contributed by atoms with van der Waals surface area (Å²) in [6.45, 7) is 6.87. The molecule has 6 nitrogen and oxygen atoms in total. The molecule has 2 atom stereocenters. The van der Waals surface area contributed by atoms with E-state index in [0.29, 0.717) is 25.2 Å². The van der Waals surface area contributed by atoms with Crippen molar-refractivity contribution in [2.24, 2.45) is 17.1 Å². The molecule has 2 amide bonds. The first-order chi connectivity index (χ1) is 11.9. The minimum Gasteiger partial charge on any atom is -0.342 e. The van der Waals surface area contributed by atoms with Crippen LogP contribution < -0.4 is 5.73 Å². The molecule has 1 aromatic rings. The van der Waals surface area contributed by atoms with Gasteiger partial charge in [0.05, 0.1) is 5.92 Å². The number of nitrogens with zero attached hydrogens (tertiary/aromatic N) is 3. The third kappa shape index (κ3) is 5.33. The molecule has 0 aliphatic carbocycles. The summed E-state index contributed by atoms with van der Waals surface area (Å²) in [6, 6.07) is 3.58. The van der Waals surface area contributed by atoms with Crippen LogP contribution >= 0.6 is 24.8 Å². The second-order valence-electron chi connectivity index (χ2n) is 7.97. The number of hydrogen-bond acceptors (Lipinski definition) is 4. The standard InChI is InChI=1S/C19H28N4O2.2ClH/c1-19(2)13-23(11-7-16(19)20)18(25)15-4-3-10-22(12-15)17(24)14-5-8-21-9-6-14;;/h5-6,8-9,15-16H,3-4,7,10-13,20H2,1-2H3;2*1H. The maximum atomic E-state index is 13.0. The molecule has 3 rings (SSSR count). The highest BCUT2D eigenvalue weighted by molar-refractivity contribution is 5.94. The Labute approximate surface area is 173 Å². The number of carbonyl (C=O) groups excluding carboxylic acids is 2. The molecular weight excluding hydrogens is 387 g/mol. The fourth-order valence-electron chi connectivity index (χ4n) is 3.86. The van der Waals surface area contributed by atoms with Crippen LogP contribution in [-0.2, 0) is 4.79 Å². The van der Waals surface area contributed by atoms with Gasteiger partial charge >= 0.3 is 0 Å². The average Bonchev–Trinajstić information content (AvgIpc) is 2.63. The summed E-state index contributed by atoms with van der Waals surface area (Å²) in [5.74, 6) is 0.0535. The summed E-state index contributed by atoms with van der Waals surface area (Å²) in [5, 5.41) is 0. The molecule has 2 unspecified atom stereocenters. The fraction of sp³-hybridized carbons (Fsp3) is 0.632. The second-order valence-corrected chi connectivity index (χ2v) is 7.97. The van der Waals surface area contributed by atoms with Crippen LogP contribution in [0.15, 0.2) is 24.5 Å². The van der Waals surface area contributed by atoms with E-state index in [1.165, 1.54) is 0 Å². The van der Waals surface area contributed by atoms with E-state index in [-0.39, 0.29) is 54.0 Å². The van der Waals surface area contributed by atoms with Crippen LogP contribution in [0.4, 0.5) is 0 Å². The lowest BCUT2D eigenvalue weighted by atomic mass is 9.79. The van der Waals surface area contributed by atoms with Crippen LogP contribution in [-0.4, -0.2) is 58.8 Å². The molecule has 3 heterocycles. The van der Waals surface area contributed by atoms with Crippen LogP contribution in [0.2, 0.25) is 0 Å². The number of aromatic nitrogens is 1. The molecule has 2 aliphatic rings. The predicted octanol–water partition coefficient (Wildman–Crippen LogP) is 2.36. The summed E-state index contributed by atoms with van der Waals surface area (Å²) in [7, 11) is 0. The Hall–Kier alpha value is -1.37. The number of piperidine rings is 2. The normalized spacial score (nSPS) is 24.4. The Kier molecular flexibility index (Phi) is 8.51. The van der Waals surface area contributed by atoms with E-state index in [4.69, 9.17) is 5.73 Å². The van der Waals surface area contributed by atoms with Gasteiger partial charge in [-0.1, -0.05) is 13.8 Å². The van der Waals surface area contributed by atoms with Crippen molar-refractivity contribution < 1.29 is 9.59 Å². The summed E-state index contributed by atoms with van der Waals surface area (Å²) in [4.78, 5) is 33.4. The van der Waals surface area contributed by atoms with Gasteiger partial charge in [0.25, 0.3) is 5.91 Å². The van der Waals surface area contributed by atoms with E-state index in [1.54, 1.807) is 24.5 Å². The van der Waals surface area contributed by atoms with Crippen LogP contribution in [0.25, 0.3) is 0 Å². The van der Waals surface area contributed by atoms with Crippen LogP contribution in [0.3, 0.4) is 0 Å².